The standard InChI is InChI=1S/C31H25NO3/c1-33-26-17-13-22(14-18-26)21-32-31-29(24-15-19-27(34-2)20-16-24)28(23-9-5-3-6-10-23)30(35-31)25-11-7-4-8-12-25/h3-21H,1-2H3. The molecule has 0 spiro atoms. The monoisotopic (exact) mass is 459 g/mol. The summed E-state index contributed by atoms with van der Waals surface area (Å²) < 4.78 is 17.2. The lowest BCUT2D eigenvalue weighted by atomic mass is 9.94. The van der Waals surface area contributed by atoms with E-state index in [9.17, 15) is 0 Å². The van der Waals surface area contributed by atoms with Gasteiger partial charge in [0.25, 0.3) is 0 Å². The molecule has 0 amide bonds. The summed E-state index contributed by atoms with van der Waals surface area (Å²) in [5.74, 6) is 2.93. The molecule has 1 aromatic heterocycles. The van der Waals surface area contributed by atoms with Gasteiger partial charge < -0.3 is 13.9 Å². The van der Waals surface area contributed by atoms with Gasteiger partial charge in [0.15, 0.2) is 0 Å². The molecule has 5 aromatic rings. The van der Waals surface area contributed by atoms with E-state index >= 15 is 0 Å². The van der Waals surface area contributed by atoms with E-state index < -0.39 is 0 Å². The summed E-state index contributed by atoms with van der Waals surface area (Å²) in [6.45, 7) is 0. The summed E-state index contributed by atoms with van der Waals surface area (Å²) >= 11 is 0. The molecule has 0 atom stereocenters. The molecule has 0 saturated heterocycles. The molecule has 0 aliphatic carbocycles. The topological polar surface area (TPSA) is 44.0 Å². The fourth-order valence-electron chi connectivity index (χ4n) is 4.03. The molecular weight excluding hydrogens is 434 g/mol. The number of hydrogen-bond acceptors (Lipinski definition) is 4. The molecule has 0 saturated carbocycles. The maximum Gasteiger partial charge on any atom is 0.227 e. The molecule has 5 rings (SSSR count). The molecule has 0 fully saturated rings. The van der Waals surface area contributed by atoms with E-state index in [1.165, 1.54) is 0 Å². The Morgan fingerprint density at radius 3 is 1.66 bits per heavy atom. The van der Waals surface area contributed by atoms with Crippen LogP contribution in [0.4, 0.5) is 5.88 Å². The first-order valence-corrected chi connectivity index (χ1v) is 11.4. The van der Waals surface area contributed by atoms with Gasteiger partial charge in [-0.15, -0.1) is 0 Å². The summed E-state index contributed by atoms with van der Waals surface area (Å²) in [6, 6.07) is 36.2. The van der Waals surface area contributed by atoms with Crippen LogP contribution >= 0.6 is 0 Å². The molecule has 0 aliphatic rings. The van der Waals surface area contributed by atoms with Crippen LogP contribution in [-0.2, 0) is 0 Å². The van der Waals surface area contributed by atoms with Crippen LogP contribution < -0.4 is 9.47 Å². The van der Waals surface area contributed by atoms with Gasteiger partial charge in [0.2, 0.25) is 5.88 Å². The average molecular weight is 460 g/mol. The van der Waals surface area contributed by atoms with Gasteiger partial charge >= 0.3 is 0 Å². The summed E-state index contributed by atoms with van der Waals surface area (Å²) in [5.41, 5.74) is 5.94. The lowest BCUT2D eigenvalue weighted by Crippen LogP contribution is -1.86. The number of nitrogens with zero attached hydrogens (tertiary/aromatic N) is 1. The van der Waals surface area contributed by atoms with Crippen molar-refractivity contribution in [1.82, 2.24) is 0 Å². The first-order chi connectivity index (χ1) is 17.3. The van der Waals surface area contributed by atoms with Gasteiger partial charge in [-0.1, -0.05) is 72.8 Å². The minimum absolute atomic E-state index is 0.545. The van der Waals surface area contributed by atoms with Crippen LogP contribution in [-0.4, -0.2) is 20.4 Å². The minimum atomic E-state index is 0.545. The van der Waals surface area contributed by atoms with Crippen molar-refractivity contribution >= 4 is 12.1 Å². The minimum Gasteiger partial charge on any atom is -0.497 e. The number of furan rings is 1. The van der Waals surface area contributed by atoms with Gasteiger partial charge in [-0.3, -0.25) is 0 Å². The van der Waals surface area contributed by atoms with Crippen LogP contribution in [0.3, 0.4) is 0 Å². The molecule has 0 aliphatic heterocycles. The molecule has 0 radical (unpaired) electrons. The van der Waals surface area contributed by atoms with Crippen molar-refractivity contribution in [3.05, 3.63) is 115 Å². The molecule has 0 unspecified atom stereocenters. The summed E-state index contributed by atoms with van der Waals surface area (Å²) in [6.07, 6.45) is 1.81. The lowest BCUT2D eigenvalue weighted by molar-refractivity contribution is 0.414. The number of ether oxygens (including phenoxy) is 2. The van der Waals surface area contributed by atoms with Crippen molar-refractivity contribution in [1.29, 1.82) is 0 Å². The van der Waals surface area contributed by atoms with E-state index in [-0.39, 0.29) is 0 Å². The van der Waals surface area contributed by atoms with Gasteiger partial charge in [-0.2, -0.15) is 0 Å². The highest BCUT2D eigenvalue weighted by Gasteiger charge is 2.24. The molecular formula is C31H25NO3. The van der Waals surface area contributed by atoms with Crippen LogP contribution in [0.5, 0.6) is 11.5 Å². The Hall–Kier alpha value is -4.57. The Morgan fingerprint density at radius 2 is 1.09 bits per heavy atom. The van der Waals surface area contributed by atoms with Crippen LogP contribution in [0.15, 0.2) is 119 Å². The third kappa shape index (κ3) is 4.73. The third-order valence-electron chi connectivity index (χ3n) is 5.81. The maximum atomic E-state index is 6.51. The van der Waals surface area contributed by atoms with Crippen molar-refractivity contribution in [3.8, 4) is 45.1 Å². The Kier molecular flexibility index (Phi) is 6.44. The number of aliphatic imine (C=N–C) groups is 1. The van der Waals surface area contributed by atoms with Crippen LogP contribution in [0.2, 0.25) is 0 Å². The molecule has 0 N–H and O–H groups in total. The van der Waals surface area contributed by atoms with E-state index in [4.69, 9.17) is 18.9 Å². The van der Waals surface area contributed by atoms with Crippen LogP contribution in [0.25, 0.3) is 33.6 Å². The van der Waals surface area contributed by atoms with E-state index in [0.29, 0.717) is 5.88 Å². The average Bonchev–Trinajstić information content (AvgIpc) is 3.32. The third-order valence-corrected chi connectivity index (χ3v) is 5.81. The fourth-order valence-corrected chi connectivity index (χ4v) is 4.03. The highest BCUT2D eigenvalue weighted by atomic mass is 16.5. The molecule has 1 heterocycles. The summed E-state index contributed by atoms with van der Waals surface area (Å²) in [4.78, 5) is 4.82. The van der Waals surface area contributed by atoms with Gasteiger partial charge in [0.1, 0.15) is 17.3 Å². The number of benzene rings is 4. The zero-order valence-corrected chi connectivity index (χ0v) is 19.6. The largest absolute Gasteiger partial charge is 0.497 e. The molecule has 4 aromatic carbocycles. The second kappa shape index (κ2) is 10.1. The first kappa shape index (κ1) is 22.2. The second-order valence-corrected chi connectivity index (χ2v) is 7.98. The van der Waals surface area contributed by atoms with Crippen molar-refractivity contribution in [3.63, 3.8) is 0 Å². The summed E-state index contributed by atoms with van der Waals surface area (Å²) in [5, 5.41) is 0. The highest BCUT2D eigenvalue weighted by Crippen LogP contribution is 2.48. The molecule has 4 heteroatoms. The zero-order valence-electron chi connectivity index (χ0n) is 19.6. The van der Waals surface area contributed by atoms with Gasteiger partial charge in [0, 0.05) is 17.3 Å². The van der Waals surface area contributed by atoms with E-state index in [1.54, 1.807) is 14.2 Å². The fraction of sp³-hybridized carbons (Fsp3) is 0.0645. The SMILES string of the molecule is COc1ccc(C=Nc2oc(-c3ccccc3)c(-c3ccccc3)c2-c2ccc(OC)cc2)cc1. The van der Waals surface area contributed by atoms with Crippen LogP contribution in [0.1, 0.15) is 5.56 Å². The van der Waals surface area contributed by atoms with E-state index in [0.717, 1.165) is 50.6 Å². The number of rotatable bonds is 7. The molecule has 4 nitrogen and oxygen atoms in total. The van der Waals surface area contributed by atoms with Gasteiger partial charge in [-0.05, 0) is 53.1 Å². The second-order valence-electron chi connectivity index (χ2n) is 7.98. The maximum absolute atomic E-state index is 6.51. The number of methoxy groups -OCH3 is 2. The van der Waals surface area contributed by atoms with E-state index in [1.807, 2.05) is 91.1 Å². The molecule has 0 bridgehead atoms. The smallest absolute Gasteiger partial charge is 0.227 e. The molecule has 172 valence electrons. The van der Waals surface area contributed by atoms with Crippen molar-refractivity contribution in [2.24, 2.45) is 4.99 Å². The highest BCUT2D eigenvalue weighted by molar-refractivity contribution is 5.98. The van der Waals surface area contributed by atoms with Gasteiger partial charge in [0.05, 0.1) is 19.8 Å². The quantitative estimate of drug-likeness (QED) is 0.231. The van der Waals surface area contributed by atoms with Gasteiger partial charge in [-0.25, -0.2) is 4.99 Å². The zero-order chi connectivity index (χ0) is 24.0. The Labute approximate surface area is 205 Å². The van der Waals surface area contributed by atoms with Crippen LogP contribution in [0, 0.1) is 0 Å². The van der Waals surface area contributed by atoms with E-state index in [2.05, 4.69) is 24.3 Å². The predicted octanol–water partition coefficient (Wildman–Crippen LogP) is 8.05. The van der Waals surface area contributed by atoms with Crippen molar-refractivity contribution in [2.45, 2.75) is 0 Å². The first-order valence-electron chi connectivity index (χ1n) is 11.4. The Bertz CT molecular complexity index is 1420. The lowest BCUT2D eigenvalue weighted by Gasteiger charge is -2.08. The normalized spacial score (nSPS) is 11.0. The van der Waals surface area contributed by atoms with Crippen molar-refractivity contribution in [2.75, 3.05) is 14.2 Å². The summed E-state index contributed by atoms with van der Waals surface area (Å²) in [7, 11) is 3.32. The Balaban J connectivity index is 1.73. The predicted molar refractivity (Wildman–Crippen MR) is 142 cm³/mol. The number of hydrogen-bond donors (Lipinski definition) is 0. The Morgan fingerprint density at radius 1 is 0.571 bits per heavy atom. The van der Waals surface area contributed by atoms with Crippen molar-refractivity contribution < 1.29 is 13.9 Å². The molecule has 35 heavy (non-hydrogen) atoms.